The van der Waals surface area contributed by atoms with E-state index in [0.29, 0.717) is 63.2 Å². The number of anilines is 3. The molecular weight excluding hydrogens is 412 g/mol. The number of carbonyl (C=O) groups is 1. The van der Waals surface area contributed by atoms with Crippen molar-refractivity contribution in [3.63, 3.8) is 0 Å². The number of morpholine rings is 1. The first-order valence-electron chi connectivity index (χ1n) is 10.6. The molecule has 2 aliphatic rings. The Morgan fingerprint density at radius 2 is 1.97 bits per heavy atom. The van der Waals surface area contributed by atoms with Crippen LogP contribution in [0.5, 0.6) is 0 Å². The fraction of sp³-hybridized carbons (Fsp3) is 0.455. The standard InChI is InChI=1S/C22H28N6O4/c1-16(23)22(30)5-7-28(15-32-14-22)18-4-6-24-20(12-18)26-19-3-2-17(13-25-19)21(29)27-8-10-31-11-9-27/h2-4,6,12-13,23,30H,5,7-11,14-15H2,1H3,(H,24,25,26)/t22-/m1/s1. The Morgan fingerprint density at radius 1 is 1.16 bits per heavy atom. The maximum absolute atomic E-state index is 12.6. The molecule has 170 valence electrons. The van der Waals surface area contributed by atoms with Gasteiger partial charge >= 0.3 is 0 Å². The summed E-state index contributed by atoms with van der Waals surface area (Å²) in [6.45, 7) is 4.86. The summed E-state index contributed by atoms with van der Waals surface area (Å²) in [7, 11) is 0. The summed E-state index contributed by atoms with van der Waals surface area (Å²) >= 11 is 0. The minimum Gasteiger partial charge on any atom is -0.381 e. The van der Waals surface area contributed by atoms with E-state index in [9.17, 15) is 9.90 Å². The molecule has 4 heterocycles. The molecule has 0 radical (unpaired) electrons. The van der Waals surface area contributed by atoms with Crippen molar-refractivity contribution in [1.29, 1.82) is 5.41 Å². The van der Waals surface area contributed by atoms with E-state index in [-0.39, 0.29) is 18.2 Å². The van der Waals surface area contributed by atoms with Crippen LogP contribution in [0.15, 0.2) is 36.7 Å². The zero-order valence-corrected chi connectivity index (χ0v) is 18.1. The molecule has 2 aromatic heterocycles. The van der Waals surface area contributed by atoms with Crippen molar-refractivity contribution in [2.75, 3.05) is 56.4 Å². The van der Waals surface area contributed by atoms with E-state index in [2.05, 4.69) is 15.3 Å². The van der Waals surface area contributed by atoms with Gasteiger partial charge in [0.05, 0.1) is 25.4 Å². The minimum absolute atomic E-state index is 0.0474. The van der Waals surface area contributed by atoms with Gasteiger partial charge in [-0.25, -0.2) is 9.97 Å². The maximum Gasteiger partial charge on any atom is 0.255 e. The van der Waals surface area contributed by atoms with E-state index in [0.717, 1.165) is 5.69 Å². The topological polar surface area (TPSA) is 124 Å². The van der Waals surface area contributed by atoms with Crippen LogP contribution in [-0.4, -0.2) is 83.4 Å². The molecule has 0 spiro atoms. The predicted molar refractivity (Wildman–Crippen MR) is 120 cm³/mol. The molecule has 2 saturated heterocycles. The molecule has 0 aliphatic carbocycles. The number of nitrogens with one attached hydrogen (secondary N) is 2. The number of carbonyl (C=O) groups excluding carboxylic acids is 1. The van der Waals surface area contributed by atoms with Gasteiger partial charge in [0.15, 0.2) is 0 Å². The van der Waals surface area contributed by atoms with Gasteiger partial charge in [-0.05, 0) is 25.1 Å². The van der Waals surface area contributed by atoms with Gasteiger partial charge in [-0.15, -0.1) is 0 Å². The van der Waals surface area contributed by atoms with Crippen LogP contribution in [-0.2, 0) is 9.47 Å². The first kappa shape index (κ1) is 22.1. The zero-order chi connectivity index (χ0) is 22.6. The van der Waals surface area contributed by atoms with Crippen LogP contribution in [0.25, 0.3) is 0 Å². The van der Waals surface area contributed by atoms with Crippen LogP contribution in [0.3, 0.4) is 0 Å². The third kappa shape index (κ3) is 5.04. The van der Waals surface area contributed by atoms with E-state index in [1.54, 1.807) is 36.4 Å². The molecule has 2 fully saturated rings. The van der Waals surface area contributed by atoms with Gasteiger partial charge in [0.25, 0.3) is 5.91 Å². The number of ether oxygens (including phenoxy) is 2. The Hall–Kier alpha value is -3.08. The van der Waals surface area contributed by atoms with Crippen molar-refractivity contribution in [1.82, 2.24) is 14.9 Å². The molecule has 32 heavy (non-hydrogen) atoms. The zero-order valence-electron chi connectivity index (χ0n) is 18.1. The molecule has 0 unspecified atom stereocenters. The highest BCUT2D eigenvalue weighted by molar-refractivity contribution is 5.94. The fourth-order valence-electron chi connectivity index (χ4n) is 3.64. The van der Waals surface area contributed by atoms with Crippen molar-refractivity contribution in [2.24, 2.45) is 0 Å². The summed E-state index contributed by atoms with van der Waals surface area (Å²) in [4.78, 5) is 25.0. The number of aromatic nitrogens is 2. The number of rotatable bonds is 5. The Kier molecular flexibility index (Phi) is 6.63. The molecule has 2 aliphatic heterocycles. The molecule has 2 aromatic rings. The molecule has 10 nitrogen and oxygen atoms in total. The van der Waals surface area contributed by atoms with Crippen LogP contribution in [0.1, 0.15) is 23.7 Å². The van der Waals surface area contributed by atoms with Crippen LogP contribution in [0.2, 0.25) is 0 Å². The molecular formula is C22H28N6O4. The average Bonchev–Trinajstić information content (AvgIpc) is 3.03. The Bertz CT molecular complexity index is 963. The maximum atomic E-state index is 12.6. The number of hydrogen-bond acceptors (Lipinski definition) is 9. The SMILES string of the molecule is CC(=N)[C@@]1(O)CCN(c2ccnc(Nc3ccc(C(=O)N4CCOCC4)cn3)c2)COC1. The first-order chi connectivity index (χ1) is 15.4. The highest BCUT2D eigenvalue weighted by Gasteiger charge is 2.33. The van der Waals surface area contributed by atoms with E-state index < -0.39 is 5.60 Å². The lowest BCUT2D eigenvalue weighted by atomic mass is 9.95. The van der Waals surface area contributed by atoms with Gasteiger partial charge in [-0.3, -0.25) is 4.79 Å². The van der Waals surface area contributed by atoms with Crippen molar-refractivity contribution in [3.05, 3.63) is 42.2 Å². The molecule has 1 atom stereocenters. The molecule has 1 amide bonds. The number of amides is 1. The van der Waals surface area contributed by atoms with E-state index in [4.69, 9.17) is 14.9 Å². The Balaban J connectivity index is 1.40. The van der Waals surface area contributed by atoms with Crippen LogP contribution < -0.4 is 10.2 Å². The van der Waals surface area contributed by atoms with Crippen LogP contribution >= 0.6 is 0 Å². The van der Waals surface area contributed by atoms with E-state index >= 15 is 0 Å². The van der Waals surface area contributed by atoms with Gasteiger partial charge in [-0.2, -0.15) is 0 Å². The second kappa shape index (κ2) is 9.60. The number of pyridine rings is 2. The number of hydrogen-bond donors (Lipinski definition) is 3. The smallest absolute Gasteiger partial charge is 0.255 e. The number of aliphatic hydroxyl groups is 1. The summed E-state index contributed by atoms with van der Waals surface area (Å²) in [6.07, 6.45) is 3.66. The molecule has 10 heteroatoms. The van der Waals surface area contributed by atoms with Crippen molar-refractivity contribution in [3.8, 4) is 0 Å². The summed E-state index contributed by atoms with van der Waals surface area (Å²) < 4.78 is 10.9. The third-order valence-electron chi connectivity index (χ3n) is 5.75. The first-order valence-corrected chi connectivity index (χ1v) is 10.6. The summed E-state index contributed by atoms with van der Waals surface area (Å²) in [5, 5.41) is 21.5. The Morgan fingerprint density at radius 3 is 2.69 bits per heavy atom. The second-order valence-electron chi connectivity index (χ2n) is 8.01. The molecule has 3 N–H and O–H groups in total. The predicted octanol–water partition coefficient (Wildman–Crippen LogP) is 1.65. The van der Waals surface area contributed by atoms with Gasteiger partial charge in [-0.1, -0.05) is 0 Å². The molecule has 4 rings (SSSR count). The minimum atomic E-state index is -1.23. The quantitative estimate of drug-likeness (QED) is 0.600. The lowest BCUT2D eigenvalue weighted by Crippen LogP contribution is -2.41. The lowest BCUT2D eigenvalue weighted by Gasteiger charge is -2.26. The van der Waals surface area contributed by atoms with Gasteiger partial charge in [0.2, 0.25) is 0 Å². The highest BCUT2D eigenvalue weighted by atomic mass is 16.5. The van der Waals surface area contributed by atoms with E-state index in [1.807, 2.05) is 17.0 Å². The highest BCUT2D eigenvalue weighted by Crippen LogP contribution is 2.24. The largest absolute Gasteiger partial charge is 0.381 e. The van der Waals surface area contributed by atoms with Gasteiger partial charge in [0, 0.05) is 55.9 Å². The monoisotopic (exact) mass is 440 g/mol. The summed E-state index contributed by atoms with van der Waals surface area (Å²) in [6, 6.07) is 7.25. The Labute approximate surface area is 186 Å². The fourth-order valence-corrected chi connectivity index (χ4v) is 3.64. The summed E-state index contributed by atoms with van der Waals surface area (Å²) in [5.74, 6) is 1.13. The average molecular weight is 441 g/mol. The van der Waals surface area contributed by atoms with E-state index in [1.165, 1.54) is 0 Å². The molecule has 0 bridgehead atoms. The molecule has 0 saturated carbocycles. The van der Waals surface area contributed by atoms with Crippen molar-refractivity contribution in [2.45, 2.75) is 18.9 Å². The lowest BCUT2D eigenvalue weighted by molar-refractivity contribution is 0.0123. The van der Waals surface area contributed by atoms with Crippen molar-refractivity contribution < 1.29 is 19.4 Å². The third-order valence-corrected chi connectivity index (χ3v) is 5.75. The van der Waals surface area contributed by atoms with Crippen molar-refractivity contribution >= 4 is 28.9 Å². The van der Waals surface area contributed by atoms with Crippen LogP contribution in [0.4, 0.5) is 17.3 Å². The number of nitrogens with zero attached hydrogens (tertiary/aromatic N) is 4. The summed E-state index contributed by atoms with van der Waals surface area (Å²) in [5.41, 5.74) is 0.397. The van der Waals surface area contributed by atoms with Gasteiger partial charge < -0.3 is 35.1 Å². The molecule has 0 aromatic carbocycles. The van der Waals surface area contributed by atoms with Crippen LogP contribution in [0, 0.1) is 5.41 Å². The van der Waals surface area contributed by atoms with Gasteiger partial charge in [0.1, 0.15) is 24.0 Å². The second-order valence-corrected chi connectivity index (χ2v) is 8.01. The normalized spacial score (nSPS) is 21.7.